The van der Waals surface area contributed by atoms with Crippen LogP contribution >= 0.6 is 38.5 Å². The first kappa shape index (κ1) is 10.4. The van der Waals surface area contributed by atoms with Gasteiger partial charge in [0.2, 0.25) is 0 Å². The van der Waals surface area contributed by atoms with Crippen molar-refractivity contribution in [2.45, 2.75) is 10.4 Å². The quantitative estimate of drug-likeness (QED) is 0.560. The van der Waals surface area contributed by atoms with Crippen LogP contribution in [0.15, 0.2) is 28.7 Å². The van der Waals surface area contributed by atoms with Gasteiger partial charge in [-0.25, -0.2) is 0 Å². The van der Waals surface area contributed by atoms with Gasteiger partial charge in [0.1, 0.15) is 0 Å². The number of alkyl halides is 3. The molecule has 0 saturated heterocycles. The predicted octanol–water partition coefficient (Wildman–Crippen LogP) is 4.02. The Morgan fingerprint density at radius 1 is 1.25 bits per heavy atom. The van der Waals surface area contributed by atoms with Gasteiger partial charge in [0.05, 0.1) is 0 Å². The second-order valence-electron chi connectivity index (χ2n) is 2.42. The highest BCUT2D eigenvalue weighted by molar-refractivity contribution is 14.1. The maximum absolute atomic E-state index is 12.5. The molecule has 0 aromatic heterocycles. The third-order valence-electron chi connectivity index (χ3n) is 1.32. The van der Waals surface area contributed by atoms with Crippen LogP contribution in [0.2, 0.25) is 0 Å². The Balaban J connectivity index is 2.71. The van der Waals surface area contributed by atoms with Crippen LogP contribution in [-0.2, 0) is 6.42 Å². The molecular weight excluding hydrogens is 341 g/mol. The highest BCUT2D eigenvalue weighted by atomic mass is 127. The van der Waals surface area contributed by atoms with E-state index in [0.29, 0.717) is 5.56 Å². The lowest BCUT2D eigenvalue weighted by atomic mass is 10.2. The van der Waals surface area contributed by atoms with Gasteiger partial charge in [-0.2, -0.15) is 8.78 Å². The molecule has 0 N–H and O–H groups in total. The number of hydrogen-bond donors (Lipinski definition) is 0. The van der Waals surface area contributed by atoms with Gasteiger partial charge in [-0.05, 0) is 40.3 Å². The zero-order valence-corrected chi connectivity index (χ0v) is 9.77. The number of hydrogen-bond acceptors (Lipinski definition) is 0. The van der Waals surface area contributed by atoms with Crippen molar-refractivity contribution in [1.82, 2.24) is 0 Å². The van der Waals surface area contributed by atoms with E-state index in [-0.39, 0.29) is 6.42 Å². The fraction of sp³-hybridized carbons (Fsp3) is 0.250. The molecule has 4 heteroatoms. The molecule has 0 aliphatic heterocycles. The summed E-state index contributed by atoms with van der Waals surface area (Å²) in [5, 5.41) is 0. The molecule has 12 heavy (non-hydrogen) atoms. The Morgan fingerprint density at radius 3 is 2.17 bits per heavy atom. The molecule has 0 radical (unpaired) electrons. The fourth-order valence-electron chi connectivity index (χ4n) is 0.834. The molecule has 1 rings (SSSR count). The first-order valence-corrected chi connectivity index (χ1v) is 5.16. The van der Waals surface area contributed by atoms with Crippen LogP contribution in [0.3, 0.4) is 0 Å². The van der Waals surface area contributed by atoms with Crippen LogP contribution in [0.25, 0.3) is 0 Å². The first-order valence-electron chi connectivity index (χ1n) is 3.28. The van der Waals surface area contributed by atoms with Crippen LogP contribution in [0.5, 0.6) is 0 Å². The van der Waals surface area contributed by atoms with E-state index in [2.05, 4.69) is 15.9 Å². The van der Waals surface area contributed by atoms with Crippen molar-refractivity contribution < 1.29 is 8.78 Å². The van der Waals surface area contributed by atoms with Crippen molar-refractivity contribution in [2.24, 2.45) is 0 Å². The second-order valence-corrected chi connectivity index (χ2v) is 4.91. The first-order chi connectivity index (χ1) is 5.47. The molecule has 0 unspecified atom stereocenters. The second kappa shape index (κ2) is 4.00. The lowest BCUT2D eigenvalue weighted by Crippen LogP contribution is -2.08. The molecule has 0 fully saturated rings. The third kappa shape index (κ3) is 3.80. The van der Waals surface area contributed by atoms with Gasteiger partial charge in [-0.1, -0.05) is 28.1 Å². The Labute approximate surface area is 91.6 Å². The van der Waals surface area contributed by atoms with Crippen LogP contribution in [-0.4, -0.2) is 3.93 Å². The molecule has 0 aliphatic rings. The largest absolute Gasteiger partial charge is 0.300 e. The number of halogens is 4. The average Bonchev–Trinajstić information content (AvgIpc) is 1.91. The van der Waals surface area contributed by atoms with E-state index in [1.807, 2.05) is 0 Å². The van der Waals surface area contributed by atoms with Gasteiger partial charge in [0.25, 0.3) is 0 Å². The summed E-state index contributed by atoms with van der Waals surface area (Å²) in [6, 6.07) is 6.91. The number of benzene rings is 1. The monoisotopic (exact) mass is 346 g/mol. The highest BCUT2D eigenvalue weighted by Crippen LogP contribution is 2.27. The highest BCUT2D eigenvalue weighted by Gasteiger charge is 2.23. The Hall–Kier alpha value is 0.290. The third-order valence-corrected chi connectivity index (χ3v) is 2.23. The van der Waals surface area contributed by atoms with Gasteiger partial charge in [0, 0.05) is 10.9 Å². The lowest BCUT2D eigenvalue weighted by Gasteiger charge is -2.07. The fourth-order valence-corrected chi connectivity index (χ4v) is 1.54. The van der Waals surface area contributed by atoms with E-state index < -0.39 is 3.93 Å². The summed E-state index contributed by atoms with van der Waals surface area (Å²) in [4.78, 5) is 0. The summed E-state index contributed by atoms with van der Waals surface area (Å²) in [6.07, 6.45) is -0.208. The standard InChI is InChI=1S/C8H6BrF2I/c9-7-3-1-6(2-4-7)5-8(10,11)12/h1-4H,5H2. The summed E-state index contributed by atoms with van der Waals surface area (Å²) in [5.41, 5.74) is 0.651. The average molecular weight is 347 g/mol. The maximum Gasteiger partial charge on any atom is 0.300 e. The SMILES string of the molecule is FC(F)(I)Cc1ccc(Br)cc1. The molecule has 0 nitrogen and oxygen atoms in total. The molecule has 1 aromatic carbocycles. The van der Waals surface area contributed by atoms with Gasteiger partial charge in [-0.15, -0.1) is 0 Å². The van der Waals surface area contributed by atoms with E-state index in [1.54, 1.807) is 24.3 Å². The summed E-state index contributed by atoms with van der Waals surface area (Å²) in [7, 11) is 0. The molecule has 1 aromatic rings. The van der Waals surface area contributed by atoms with Crippen LogP contribution in [0.1, 0.15) is 5.56 Å². The minimum Gasteiger partial charge on any atom is -0.195 e. The van der Waals surface area contributed by atoms with E-state index in [9.17, 15) is 8.78 Å². The molecule has 0 heterocycles. The number of rotatable bonds is 2. The summed E-state index contributed by atoms with van der Waals surface area (Å²) >= 11 is 4.38. The molecule has 0 aliphatic carbocycles. The zero-order chi connectivity index (χ0) is 9.19. The smallest absolute Gasteiger partial charge is 0.195 e. The van der Waals surface area contributed by atoms with Crippen molar-refractivity contribution in [1.29, 1.82) is 0 Å². The van der Waals surface area contributed by atoms with Crippen molar-refractivity contribution in [2.75, 3.05) is 0 Å². The lowest BCUT2D eigenvalue weighted by molar-refractivity contribution is 0.128. The van der Waals surface area contributed by atoms with Gasteiger partial charge in [0.15, 0.2) is 0 Å². The van der Waals surface area contributed by atoms with Gasteiger partial charge >= 0.3 is 3.93 Å². The Kier molecular flexibility index (Phi) is 3.46. The van der Waals surface area contributed by atoms with Gasteiger partial charge in [-0.3, -0.25) is 0 Å². The van der Waals surface area contributed by atoms with Gasteiger partial charge < -0.3 is 0 Å². The molecule has 0 amide bonds. The minimum atomic E-state index is -2.65. The van der Waals surface area contributed by atoms with Crippen LogP contribution < -0.4 is 0 Å². The predicted molar refractivity (Wildman–Crippen MR) is 56.8 cm³/mol. The van der Waals surface area contributed by atoms with Crippen molar-refractivity contribution in [3.63, 3.8) is 0 Å². The molecule has 0 spiro atoms. The van der Waals surface area contributed by atoms with Crippen LogP contribution in [0.4, 0.5) is 8.78 Å². The normalized spacial score (nSPS) is 11.7. The van der Waals surface area contributed by atoms with Crippen molar-refractivity contribution in [3.05, 3.63) is 34.3 Å². The summed E-state index contributed by atoms with van der Waals surface area (Å²) in [6.45, 7) is 0. The van der Waals surface area contributed by atoms with E-state index >= 15 is 0 Å². The van der Waals surface area contributed by atoms with Crippen molar-refractivity contribution in [3.8, 4) is 0 Å². The summed E-state index contributed by atoms with van der Waals surface area (Å²) < 4.78 is 23.2. The molecular formula is C8H6BrF2I. The Morgan fingerprint density at radius 2 is 1.75 bits per heavy atom. The Bertz CT molecular complexity index is 253. The van der Waals surface area contributed by atoms with Crippen LogP contribution in [0, 0.1) is 0 Å². The summed E-state index contributed by atoms with van der Waals surface area (Å²) in [5.74, 6) is 0. The minimum absolute atomic E-state index is 0.208. The maximum atomic E-state index is 12.5. The molecule has 0 bridgehead atoms. The topological polar surface area (TPSA) is 0 Å². The molecule has 0 saturated carbocycles. The molecule has 66 valence electrons. The van der Waals surface area contributed by atoms with Crippen molar-refractivity contribution >= 4 is 38.5 Å². The zero-order valence-electron chi connectivity index (χ0n) is 6.03. The molecule has 0 atom stereocenters. The van der Waals surface area contributed by atoms with E-state index in [4.69, 9.17) is 0 Å². The van der Waals surface area contributed by atoms with E-state index in [1.165, 1.54) is 0 Å². The van der Waals surface area contributed by atoms with E-state index in [0.717, 1.165) is 27.1 Å².